The summed E-state index contributed by atoms with van der Waals surface area (Å²) < 4.78 is 32.2. The Hall–Kier alpha value is -1.60. The van der Waals surface area contributed by atoms with Crippen molar-refractivity contribution in [1.29, 1.82) is 0 Å². The zero-order valence-electron chi connectivity index (χ0n) is 11.5. The largest absolute Gasteiger partial charge is 0.491 e. The monoisotopic (exact) mass is 298 g/mol. The first kappa shape index (κ1) is 14.8. The number of nitrogens with one attached hydrogen (secondary N) is 2. The summed E-state index contributed by atoms with van der Waals surface area (Å²) >= 11 is 0. The van der Waals surface area contributed by atoms with E-state index < -0.39 is 10.0 Å². The van der Waals surface area contributed by atoms with Gasteiger partial charge < -0.3 is 10.1 Å². The van der Waals surface area contributed by atoms with E-state index in [1.807, 2.05) is 13.8 Å². The quantitative estimate of drug-likeness (QED) is 0.878. The van der Waals surface area contributed by atoms with E-state index in [0.29, 0.717) is 18.0 Å². The fourth-order valence-corrected chi connectivity index (χ4v) is 2.97. The summed E-state index contributed by atoms with van der Waals surface area (Å²) in [5.74, 6) is 0.515. The molecule has 1 aromatic carbocycles. The third-order valence-electron chi connectivity index (χ3n) is 2.80. The summed E-state index contributed by atoms with van der Waals surface area (Å²) in [6.07, 6.45) is 0.252. The van der Waals surface area contributed by atoms with E-state index >= 15 is 0 Å². The van der Waals surface area contributed by atoms with Gasteiger partial charge in [0.05, 0.1) is 23.6 Å². The van der Waals surface area contributed by atoms with Crippen LogP contribution in [0, 0.1) is 5.92 Å². The minimum atomic E-state index is -3.58. The van der Waals surface area contributed by atoms with Gasteiger partial charge in [0.25, 0.3) is 0 Å². The molecule has 7 heteroatoms. The van der Waals surface area contributed by atoms with Crippen LogP contribution in [0.5, 0.6) is 5.75 Å². The average Bonchev–Trinajstić information content (AvgIpc) is 2.56. The van der Waals surface area contributed by atoms with Gasteiger partial charge in [-0.1, -0.05) is 13.8 Å². The number of hydrogen-bond donors (Lipinski definition) is 2. The summed E-state index contributed by atoms with van der Waals surface area (Å²) in [7, 11) is -3.58. The summed E-state index contributed by atoms with van der Waals surface area (Å²) in [6, 6.07) is 4.45. The van der Waals surface area contributed by atoms with Gasteiger partial charge in [-0.15, -0.1) is 0 Å². The van der Waals surface area contributed by atoms with Gasteiger partial charge in [0.1, 0.15) is 5.75 Å². The number of amides is 1. The molecule has 1 amide bonds. The molecule has 1 aliphatic heterocycles. The molecule has 0 radical (unpaired) electrons. The number of rotatable bonds is 4. The molecule has 0 unspecified atom stereocenters. The number of hydrogen-bond acceptors (Lipinski definition) is 4. The van der Waals surface area contributed by atoms with Crippen molar-refractivity contribution in [3.63, 3.8) is 0 Å². The molecule has 1 heterocycles. The van der Waals surface area contributed by atoms with Gasteiger partial charge in [-0.25, -0.2) is 13.1 Å². The number of benzene rings is 1. The molecule has 110 valence electrons. The summed E-state index contributed by atoms with van der Waals surface area (Å²) in [5, 5.41) is 2.64. The maximum absolute atomic E-state index is 12.1. The van der Waals surface area contributed by atoms with Crippen LogP contribution < -0.4 is 14.8 Å². The molecule has 0 spiro atoms. The van der Waals surface area contributed by atoms with E-state index in [1.54, 1.807) is 6.07 Å². The third-order valence-corrected chi connectivity index (χ3v) is 4.22. The maximum atomic E-state index is 12.1. The lowest BCUT2D eigenvalue weighted by molar-refractivity contribution is -0.116. The first-order valence-corrected chi connectivity index (χ1v) is 7.93. The van der Waals surface area contributed by atoms with Gasteiger partial charge in [0.15, 0.2) is 0 Å². The Morgan fingerprint density at radius 2 is 2.15 bits per heavy atom. The van der Waals surface area contributed by atoms with Crippen molar-refractivity contribution in [3.05, 3.63) is 18.2 Å². The lowest BCUT2D eigenvalue weighted by Gasteiger charge is -2.12. The summed E-state index contributed by atoms with van der Waals surface area (Å²) in [5.41, 5.74) is 0.389. The number of anilines is 1. The second kappa shape index (κ2) is 5.80. The van der Waals surface area contributed by atoms with Crippen LogP contribution in [-0.4, -0.2) is 27.5 Å². The van der Waals surface area contributed by atoms with Crippen molar-refractivity contribution in [2.24, 2.45) is 5.92 Å². The highest BCUT2D eigenvalue weighted by atomic mass is 32.2. The fourth-order valence-electron chi connectivity index (χ4n) is 1.73. The normalized spacial score (nSPS) is 15.2. The second-order valence-electron chi connectivity index (χ2n) is 5.05. The van der Waals surface area contributed by atoms with Crippen LogP contribution >= 0.6 is 0 Å². The minimum Gasteiger partial charge on any atom is -0.491 e. The first-order valence-electron chi connectivity index (χ1n) is 6.45. The van der Waals surface area contributed by atoms with E-state index in [-0.39, 0.29) is 29.7 Å². The molecule has 0 saturated carbocycles. The van der Waals surface area contributed by atoms with E-state index in [1.165, 1.54) is 12.1 Å². The van der Waals surface area contributed by atoms with Crippen LogP contribution in [-0.2, 0) is 14.8 Å². The van der Waals surface area contributed by atoms with Gasteiger partial charge in [0.2, 0.25) is 15.9 Å². The third kappa shape index (κ3) is 3.49. The van der Waals surface area contributed by atoms with E-state index in [0.717, 1.165) is 0 Å². The smallest absolute Gasteiger partial charge is 0.240 e. The number of fused-ring (bicyclic) bond motifs is 1. The average molecular weight is 298 g/mol. The maximum Gasteiger partial charge on any atom is 0.240 e. The molecule has 0 atom stereocenters. The topological polar surface area (TPSA) is 84.5 Å². The Labute approximate surface area is 118 Å². The molecule has 20 heavy (non-hydrogen) atoms. The number of carbonyl (C=O) groups excluding carboxylic acids is 1. The van der Waals surface area contributed by atoms with Gasteiger partial charge in [-0.2, -0.15) is 0 Å². The van der Waals surface area contributed by atoms with Crippen molar-refractivity contribution in [3.8, 4) is 5.75 Å². The number of sulfonamides is 1. The van der Waals surface area contributed by atoms with Gasteiger partial charge in [0, 0.05) is 6.54 Å². The Morgan fingerprint density at radius 1 is 1.40 bits per heavy atom. The lowest BCUT2D eigenvalue weighted by atomic mass is 10.2. The number of ether oxygens (including phenoxy) is 1. The van der Waals surface area contributed by atoms with Gasteiger partial charge in [-0.05, 0) is 24.1 Å². The summed E-state index contributed by atoms with van der Waals surface area (Å²) in [6.45, 7) is 4.50. The molecule has 0 aliphatic carbocycles. The zero-order chi connectivity index (χ0) is 14.8. The predicted octanol–water partition coefficient (Wildman–Crippen LogP) is 1.34. The van der Waals surface area contributed by atoms with Crippen molar-refractivity contribution >= 4 is 21.6 Å². The summed E-state index contributed by atoms with van der Waals surface area (Å²) in [4.78, 5) is 11.6. The zero-order valence-corrected chi connectivity index (χ0v) is 12.3. The molecule has 2 N–H and O–H groups in total. The van der Waals surface area contributed by atoms with Crippen molar-refractivity contribution in [2.45, 2.75) is 25.2 Å². The number of carbonyl (C=O) groups is 1. The molecule has 0 fully saturated rings. The minimum absolute atomic E-state index is 0.114. The second-order valence-corrected chi connectivity index (χ2v) is 6.82. The highest BCUT2D eigenvalue weighted by Gasteiger charge is 2.19. The van der Waals surface area contributed by atoms with Gasteiger partial charge in [-0.3, -0.25) is 4.79 Å². The molecular weight excluding hydrogens is 280 g/mol. The molecule has 6 nitrogen and oxygen atoms in total. The molecule has 0 saturated heterocycles. The van der Waals surface area contributed by atoms with Crippen LogP contribution in [0.2, 0.25) is 0 Å². The Balaban J connectivity index is 2.28. The predicted molar refractivity (Wildman–Crippen MR) is 75.2 cm³/mol. The van der Waals surface area contributed by atoms with Crippen molar-refractivity contribution in [1.82, 2.24) is 4.72 Å². The molecule has 2 rings (SSSR count). The van der Waals surface area contributed by atoms with Crippen LogP contribution in [0.1, 0.15) is 20.3 Å². The Morgan fingerprint density at radius 3 is 2.85 bits per heavy atom. The SMILES string of the molecule is CC(C)CNS(=O)(=O)c1ccc2c(c1)NC(=O)CCO2. The molecular formula is C13H18N2O4S. The Kier molecular flexibility index (Phi) is 4.29. The fraction of sp³-hybridized carbons (Fsp3) is 0.462. The van der Waals surface area contributed by atoms with Gasteiger partial charge >= 0.3 is 0 Å². The van der Waals surface area contributed by atoms with Crippen LogP contribution in [0.4, 0.5) is 5.69 Å². The molecule has 0 bridgehead atoms. The van der Waals surface area contributed by atoms with E-state index in [9.17, 15) is 13.2 Å². The standard InChI is InChI=1S/C13H18N2O4S/c1-9(2)8-14-20(17,18)10-3-4-12-11(7-10)15-13(16)5-6-19-12/h3-4,7,9,14H,5-6,8H2,1-2H3,(H,15,16). The van der Waals surface area contributed by atoms with Crippen LogP contribution in [0.25, 0.3) is 0 Å². The Bertz CT molecular complexity index is 611. The van der Waals surface area contributed by atoms with Crippen molar-refractivity contribution in [2.75, 3.05) is 18.5 Å². The first-order chi connectivity index (χ1) is 9.38. The van der Waals surface area contributed by atoms with E-state index in [2.05, 4.69) is 10.0 Å². The molecule has 0 aromatic heterocycles. The molecule has 1 aliphatic rings. The van der Waals surface area contributed by atoms with Crippen LogP contribution in [0.15, 0.2) is 23.1 Å². The molecule has 1 aromatic rings. The van der Waals surface area contributed by atoms with Crippen LogP contribution in [0.3, 0.4) is 0 Å². The lowest BCUT2D eigenvalue weighted by Crippen LogP contribution is -2.27. The van der Waals surface area contributed by atoms with E-state index in [4.69, 9.17) is 4.74 Å². The van der Waals surface area contributed by atoms with Crippen molar-refractivity contribution < 1.29 is 17.9 Å². The highest BCUT2D eigenvalue weighted by molar-refractivity contribution is 7.89. The highest BCUT2D eigenvalue weighted by Crippen LogP contribution is 2.29.